The molecule has 1 aliphatic heterocycles. The summed E-state index contributed by atoms with van der Waals surface area (Å²) in [5, 5.41) is 2.84. The van der Waals surface area contributed by atoms with Gasteiger partial charge in [-0.15, -0.1) is 13.2 Å². The zero-order valence-corrected chi connectivity index (χ0v) is 19.3. The fourth-order valence-corrected chi connectivity index (χ4v) is 3.82. The fourth-order valence-electron chi connectivity index (χ4n) is 3.82. The third-order valence-electron chi connectivity index (χ3n) is 5.46. The molecule has 4 aromatic rings. The number of aromatic nitrogens is 1. The number of alkyl halides is 3. The molecule has 2 heterocycles. The second-order valence-corrected chi connectivity index (χ2v) is 8.08. The van der Waals surface area contributed by atoms with Gasteiger partial charge in [-0.25, -0.2) is 0 Å². The summed E-state index contributed by atoms with van der Waals surface area (Å²) in [6, 6.07) is 23.4. The Morgan fingerprint density at radius 2 is 1.51 bits per heavy atom. The largest absolute Gasteiger partial charge is 0.573 e. The number of hydrogen-bond donors (Lipinski definition) is 2. The number of carbonyl (C=O) groups excluding carboxylic acids is 1. The van der Waals surface area contributed by atoms with E-state index in [1.54, 1.807) is 47.4 Å². The Morgan fingerprint density at radius 1 is 0.865 bits per heavy atom. The number of benzene rings is 3. The summed E-state index contributed by atoms with van der Waals surface area (Å²) in [6.07, 6.45) is -1.22. The Balaban J connectivity index is 1.31. The smallest absolute Gasteiger partial charge is 0.457 e. The summed E-state index contributed by atoms with van der Waals surface area (Å²) < 4.78 is 47.2. The Kier molecular flexibility index (Phi) is 6.19. The van der Waals surface area contributed by atoms with Crippen molar-refractivity contribution in [1.29, 1.82) is 0 Å². The minimum Gasteiger partial charge on any atom is -0.457 e. The Morgan fingerprint density at radius 3 is 2.19 bits per heavy atom. The molecule has 0 spiro atoms. The van der Waals surface area contributed by atoms with Gasteiger partial charge in [-0.3, -0.25) is 9.69 Å². The van der Waals surface area contributed by atoms with E-state index in [1.807, 2.05) is 30.3 Å². The number of aromatic amines is 1. The van der Waals surface area contributed by atoms with Crippen LogP contribution in [0.1, 0.15) is 16.1 Å². The highest BCUT2D eigenvalue weighted by atomic mass is 19.4. The van der Waals surface area contributed by atoms with Gasteiger partial charge in [-0.05, 0) is 78.9 Å². The van der Waals surface area contributed by atoms with Crippen LogP contribution in [0.2, 0.25) is 0 Å². The van der Waals surface area contributed by atoms with E-state index in [0.717, 1.165) is 5.56 Å². The molecule has 9 heteroatoms. The van der Waals surface area contributed by atoms with E-state index in [1.165, 1.54) is 24.3 Å². The van der Waals surface area contributed by atoms with Gasteiger partial charge in [0.15, 0.2) is 0 Å². The Labute approximate surface area is 210 Å². The first kappa shape index (κ1) is 23.8. The minimum atomic E-state index is -4.77. The molecule has 6 nitrogen and oxygen atoms in total. The number of amides is 1. The molecule has 37 heavy (non-hydrogen) atoms. The van der Waals surface area contributed by atoms with Crippen molar-refractivity contribution in [2.24, 2.45) is 0 Å². The number of allylic oxidation sites excluding steroid dienone is 1. The van der Waals surface area contributed by atoms with Gasteiger partial charge in [0.1, 0.15) is 28.8 Å². The van der Waals surface area contributed by atoms with Crippen LogP contribution in [-0.4, -0.2) is 17.3 Å². The molecule has 3 aromatic carbocycles. The summed E-state index contributed by atoms with van der Waals surface area (Å²) in [7, 11) is 0. The molecular formula is C28H20F3N3O3. The summed E-state index contributed by atoms with van der Waals surface area (Å²) in [6.45, 7) is 4.01. The number of fused-ring (bicyclic) bond motifs is 1. The number of carbonyl (C=O) groups is 1. The van der Waals surface area contributed by atoms with Crippen LogP contribution in [0.15, 0.2) is 103 Å². The maximum Gasteiger partial charge on any atom is 0.573 e. The zero-order valence-electron chi connectivity index (χ0n) is 19.3. The van der Waals surface area contributed by atoms with Gasteiger partial charge in [0.2, 0.25) is 0 Å². The van der Waals surface area contributed by atoms with Crippen LogP contribution in [0.25, 0.3) is 6.08 Å². The van der Waals surface area contributed by atoms with Crippen LogP contribution >= 0.6 is 0 Å². The molecule has 186 valence electrons. The van der Waals surface area contributed by atoms with E-state index < -0.39 is 6.36 Å². The van der Waals surface area contributed by atoms with Crippen LogP contribution in [0, 0.1) is 0 Å². The van der Waals surface area contributed by atoms with Gasteiger partial charge in [0.05, 0.1) is 0 Å². The predicted molar refractivity (Wildman–Crippen MR) is 135 cm³/mol. The van der Waals surface area contributed by atoms with Gasteiger partial charge in [0, 0.05) is 22.6 Å². The standard InChI is InChI=1S/C28H20F3N3O3/c1-18-7-8-19-17-25(33-26(19)34(18)21-11-15-24(16-12-21)37-28(29,30)31)27(35)32-20-9-13-23(14-10-20)36-22-5-3-2-4-6-22/h2-17,33H,1H2,(H,32,35). The lowest BCUT2D eigenvalue weighted by Crippen LogP contribution is -2.19. The minimum absolute atomic E-state index is 0.302. The quantitative estimate of drug-likeness (QED) is 0.284. The number of ether oxygens (including phenoxy) is 2. The van der Waals surface area contributed by atoms with Crippen LogP contribution < -0.4 is 19.7 Å². The first-order valence-electron chi connectivity index (χ1n) is 11.2. The first-order valence-corrected chi connectivity index (χ1v) is 11.2. The van der Waals surface area contributed by atoms with Crippen molar-refractivity contribution in [3.63, 3.8) is 0 Å². The first-order chi connectivity index (χ1) is 17.7. The lowest BCUT2D eigenvalue weighted by atomic mass is 10.1. The molecule has 0 atom stereocenters. The highest BCUT2D eigenvalue weighted by Gasteiger charge is 2.31. The molecule has 0 saturated carbocycles. The molecule has 0 aliphatic carbocycles. The van der Waals surface area contributed by atoms with Gasteiger partial charge in [-0.1, -0.05) is 24.8 Å². The van der Waals surface area contributed by atoms with Crippen molar-refractivity contribution in [1.82, 2.24) is 4.98 Å². The predicted octanol–water partition coefficient (Wildman–Crippen LogP) is 7.64. The van der Waals surface area contributed by atoms with Gasteiger partial charge in [-0.2, -0.15) is 0 Å². The summed E-state index contributed by atoms with van der Waals surface area (Å²) in [4.78, 5) is 17.8. The monoisotopic (exact) mass is 503 g/mol. The normalized spacial score (nSPS) is 12.7. The van der Waals surface area contributed by atoms with Gasteiger partial charge >= 0.3 is 6.36 Å². The van der Waals surface area contributed by atoms with Crippen molar-refractivity contribution in [3.8, 4) is 17.2 Å². The molecule has 1 aromatic heterocycles. The molecular weight excluding hydrogens is 483 g/mol. The number of nitrogens with zero attached hydrogens (tertiary/aromatic N) is 1. The van der Waals surface area contributed by atoms with E-state index >= 15 is 0 Å². The summed E-state index contributed by atoms with van der Waals surface area (Å²) >= 11 is 0. The number of anilines is 3. The number of rotatable bonds is 6. The van der Waals surface area contributed by atoms with E-state index in [-0.39, 0.29) is 11.7 Å². The Hall–Kier alpha value is -4.92. The highest BCUT2D eigenvalue weighted by molar-refractivity contribution is 6.04. The summed E-state index contributed by atoms with van der Waals surface area (Å²) in [5.74, 6) is 1.21. The second kappa shape index (κ2) is 9.62. The third kappa shape index (κ3) is 5.51. The lowest BCUT2D eigenvalue weighted by molar-refractivity contribution is -0.274. The van der Waals surface area contributed by atoms with Crippen LogP contribution in [-0.2, 0) is 0 Å². The molecule has 0 radical (unpaired) electrons. The number of nitrogens with one attached hydrogen (secondary N) is 2. The van der Waals surface area contributed by atoms with E-state index in [2.05, 4.69) is 21.6 Å². The van der Waals surface area contributed by atoms with Crippen LogP contribution in [0.5, 0.6) is 17.2 Å². The summed E-state index contributed by atoms with van der Waals surface area (Å²) in [5.41, 5.74) is 2.72. The van der Waals surface area contributed by atoms with Crippen molar-refractivity contribution < 1.29 is 27.4 Å². The number of H-pyrrole nitrogens is 1. The molecule has 1 amide bonds. The maximum atomic E-state index is 12.9. The average molecular weight is 503 g/mol. The average Bonchev–Trinajstić information content (AvgIpc) is 3.30. The molecule has 1 aliphatic rings. The van der Waals surface area contributed by atoms with Crippen molar-refractivity contribution in [2.45, 2.75) is 6.36 Å². The SMILES string of the molecule is C=C1C=Cc2cc(C(=O)Nc3ccc(Oc4ccccc4)cc3)[nH]c2N1c1ccc(OC(F)(F)F)cc1. The van der Waals surface area contributed by atoms with Crippen molar-refractivity contribution in [3.05, 3.63) is 115 Å². The third-order valence-corrected chi connectivity index (χ3v) is 5.46. The van der Waals surface area contributed by atoms with E-state index in [9.17, 15) is 18.0 Å². The fraction of sp³-hybridized carbons (Fsp3) is 0.0357. The number of para-hydroxylation sites is 1. The van der Waals surface area contributed by atoms with Crippen molar-refractivity contribution >= 4 is 29.2 Å². The lowest BCUT2D eigenvalue weighted by Gasteiger charge is -2.27. The molecule has 0 fully saturated rings. The molecule has 0 saturated heterocycles. The van der Waals surface area contributed by atoms with Gasteiger partial charge in [0.25, 0.3) is 5.91 Å². The highest BCUT2D eigenvalue weighted by Crippen LogP contribution is 2.38. The topological polar surface area (TPSA) is 66.6 Å². The van der Waals surface area contributed by atoms with Crippen molar-refractivity contribution in [2.75, 3.05) is 10.2 Å². The number of halogens is 3. The van der Waals surface area contributed by atoms with Crippen LogP contribution in [0.3, 0.4) is 0 Å². The molecule has 0 bridgehead atoms. The molecule has 5 rings (SSSR count). The molecule has 0 unspecified atom stereocenters. The molecule has 2 N–H and O–H groups in total. The second-order valence-electron chi connectivity index (χ2n) is 8.08. The maximum absolute atomic E-state index is 12.9. The Bertz CT molecular complexity index is 1460. The van der Waals surface area contributed by atoms with Gasteiger partial charge < -0.3 is 19.8 Å². The van der Waals surface area contributed by atoms with Crippen LogP contribution in [0.4, 0.5) is 30.4 Å². The van der Waals surface area contributed by atoms with E-state index in [4.69, 9.17) is 4.74 Å². The zero-order chi connectivity index (χ0) is 26.0. The van der Waals surface area contributed by atoms with E-state index in [0.29, 0.717) is 40.1 Å². The number of hydrogen-bond acceptors (Lipinski definition) is 4.